The van der Waals surface area contributed by atoms with Crippen LogP contribution >= 0.6 is 12.2 Å². The standard InChI is InChI=1S/C20H18N4O3S2/c1-13-11-15(12-22-17(13)21-2)23-18(25)20(9-4-10-20)24(19(23)28)14-5-7-16(8-6-14)29(3,26)27/h5-8,11-12H,4,9-10H2,1,3H3. The summed E-state index contributed by atoms with van der Waals surface area (Å²) in [6.45, 7) is 8.93. The Labute approximate surface area is 174 Å². The van der Waals surface area contributed by atoms with E-state index in [1.54, 1.807) is 25.1 Å². The van der Waals surface area contributed by atoms with E-state index in [2.05, 4.69) is 9.83 Å². The quantitative estimate of drug-likeness (QED) is 0.553. The monoisotopic (exact) mass is 426 g/mol. The molecule has 7 nitrogen and oxygen atoms in total. The zero-order valence-electron chi connectivity index (χ0n) is 15.9. The fourth-order valence-electron chi connectivity index (χ4n) is 3.84. The maximum atomic E-state index is 13.4. The van der Waals surface area contributed by atoms with Gasteiger partial charge in [-0.05, 0) is 74.3 Å². The summed E-state index contributed by atoms with van der Waals surface area (Å²) in [4.78, 5) is 24.4. The molecule has 2 aliphatic rings. The predicted molar refractivity (Wildman–Crippen MR) is 114 cm³/mol. The smallest absolute Gasteiger partial charge is 0.272 e. The molecule has 0 N–H and O–H groups in total. The maximum Gasteiger partial charge on any atom is 0.272 e. The van der Waals surface area contributed by atoms with Gasteiger partial charge in [0.2, 0.25) is 0 Å². The second-order valence-corrected chi connectivity index (χ2v) is 9.74. The molecule has 9 heteroatoms. The van der Waals surface area contributed by atoms with Crippen LogP contribution in [-0.4, -0.2) is 36.2 Å². The third-order valence-corrected chi connectivity index (χ3v) is 7.01. The van der Waals surface area contributed by atoms with Crippen molar-refractivity contribution in [2.45, 2.75) is 36.6 Å². The number of aryl methyl sites for hydroxylation is 1. The molecule has 148 valence electrons. The number of rotatable bonds is 3. The van der Waals surface area contributed by atoms with Crippen molar-refractivity contribution >= 4 is 50.3 Å². The molecule has 0 atom stereocenters. The van der Waals surface area contributed by atoms with Gasteiger partial charge < -0.3 is 9.74 Å². The summed E-state index contributed by atoms with van der Waals surface area (Å²) in [5.74, 6) is 0.176. The number of thiocarbonyl (C=S) groups is 1. The summed E-state index contributed by atoms with van der Waals surface area (Å²) in [5, 5.41) is 0.332. The molecule has 0 radical (unpaired) electrons. The van der Waals surface area contributed by atoms with Crippen LogP contribution in [0.1, 0.15) is 24.8 Å². The minimum atomic E-state index is -3.31. The van der Waals surface area contributed by atoms with Crippen molar-refractivity contribution in [3.05, 3.63) is 53.5 Å². The largest absolute Gasteiger partial charge is 0.360 e. The summed E-state index contributed by atoms with van der Waals surface area (Å²) in [7, 11) is -3.31. The molecular formula is C20H18N4O3S2. The first-order valence-electron chi connectivity index (χ1n) is 9.02. The van der Waals surface area contributed by atoms with Crippen LogP contribution in [0.15, 0.2) is 41.4 Å². The van der Waals surface area contributed by atoms with Gasteiger partial charge in [-0.3, -0.25) is 9.69 Å². The first kappa shape index (κ1) is 19.5. The molecule has 4 rings (SSSR count). The lowest BCUT2D eigenvalue weighted by Crippen LogP contribution is -2.55. The molecule has 1 aliphatic heterocycles. The molecule has 1 amide bonds. The number of nitrogens with zero attached hydrogens (tertiary/aromatic N) is 4. The normalized spacial score (nSPS) is 18.1. The molecule has 29 heavy (non-hydrogen) atoms. The third kappa shape index (κ3) is 2.91. The summed E-state index contributed by atoms with van der Waals surface area (Å²) < 4.78 is 23.5. The molecule has 1 saturated carbocycles. The van der Waals surface area contributed by atoms with E-state index in [1.807, 2.05) is 4.90 Å². The molecule has 1 aromatic heterocycles. The van der Waals surface area contributed by atoms with E-state index < -0.39 is 15.4 Å². The van der Waals surface area contributed by atoms with Gasteiger partial charge in [-0.2, -0.15) is 0 Å². The minimum absolute atomic E-state index is 0.113. The van der Waals surface area contributed by atoms with Crippen LogP contribution in [0.3, 0.4) is 0 Å². The van der Waals surface area contributed by atoms with Gasteiger partial charge >= 0.3 is 0 Å². The van der Waals surface area contributed by atoms with E-state index in [0.29, 0.717) is 34.9 Å². The fourth-order valence-corrected chi connectivity index (χ4v) is 4.94. The zero-order valence-corrected chi connectivity index (χ0v) is 17.5. The molecule has 0 bridgehead atoms. The Bertz CT molecular complexity index is 1180. The van der Waals surface area contributed by atoms with Gasteiger partial charge in [0.15, 0.2) is 14.9 Å². The van der Waals surface area contributed by atoms with Crippen LogP contribution < -0.4 is 9.80 Å². The Morgan fingerprint density at radius 2 is 1.86 bits per heavy atom. The number of carbonyl (C=O) groups excluding carboxylic acids is 1. The van der Waals surface area contributed by atoms with E-state index >= 15 is 0 Å². The lowest BCUT2D eigenvalue weighted by molar-refractivity contribution is -0.123. The molecule has 1 aromatic carbocycles. The van der Waals surface area contributed by atoms with Crippen LogP contribution in [0.2, 0.25) is 0 Å². The van der Waals surface area contributed by atoms with Gasteiger partial charge in [-0.1, -0.05) is 6.57 Å². The molecule has 1 spiro atoms. The Hall–Kier alpha value is -2.83. The highest BCUT2D eigenvalue weighted by molar-refractivity contribution is 7.90. The number of aromatic nitrogens is 1. The van der Waals surface area contributed by atoms with Crippen molar-refractivity contribution in [2.24, 2.45) is 0 Å². The SMILES string of the molecule is [C-]#[N+]c1ncc(N2C(=O)C3(CCC3)N(c3ccc(S(C)(=O)=O)cc3)C2=S)cc1C. The number of hydrogen-bond acceptors (Lipinski definition) is 5. The molecule has 1 aliphatic carbocycles. The molecule has 2 heterocycles. The van der Waals surface area contributed by atoms with Crippen molar-refractivity contribution in [3.8, 4) is 0 Å². The van der Waals surface area contributed by atoms with E-state index in [4.69, 9.17) is 18.8 Å². The highest BCUT2D eigenvalue weighted by Gasteiger charge is 2.59. The maximum absolute atomic E-state index is 13.4. The van der Waals surface area contributed by atoms with Crippen molar-refractivity contribution in [3.63, 3.8) is 0 Å². The van der Waals surface area contributed by atoms with E-state index in [9.17, 15) is 13.2 Å². The highest BCUT2D eigenvalue weighted by Crippen LogP contribution is 2.47. The van der Waals surface area contributed by atoms with Crippen molar-refractivity contribution in [1.82, 2.24) is 4.98 Å². The van der Waals surface area contributed by atoms with Gasteiger partial charge in [-0.25, -0.2) is 8.42 Å². The van der Waals surface area contributed by atoms with Crippen LogP contribution in [0.25, 0.3) is 4.85 Å². The Morgan fingerprint density at radius 3 is 2.34 bits per heavy atom. The first-order valence-corrected chi connectivity index (χ1v) is 11.3. The second kappa shape index (κ2) is 6.61. The summed E-state index contributed by atoms with van der Waals surface area (Å²) in [6, 6.07) is 8.18. The molecule has 0 unspecified atom stereocenters. The lowest BCUT2D eigenvalue weighted by atomic mass is 9.75. The number of hydrogen-bond donors (Lipinski definition) is 0. The number of amides is 1. The Balaban J connectivity index is 1.78. The first-order chi connectivity index (χ1) is 13.7. The third-order valence-electron chi connectivity index (χ3n) is 5.52. The predicted octanol–water partition coefficient (Wildman–Crippen LogP) is 3.41. The van der Waals surface area contributed by atoms with E-state index in [1.165, 1.54) is 23.2 Å². The summed E-state index contributed by atoms with van der Waals surface area (Å²) in [6.07, 6.45) is 4.90. The van der Waals surface area contributed by atoms with E-state index in [-0.39, 0.29) is 16.6 Å². The Kier molecular flexibility index (Phi) is 4.44. The summed E-state index contributed by atoms with van der Waals surface area (Å²) in [5.41, 5.74) is 1.13. The highest BCUT2D eigenvalue weighted by atomic mass is 32.2. The zero-order chi connectivity index (χ0) is 21.0. The van der Waals surface area contributed by atoms with Gasteiger partial charge in [0, 0.05) is 11.9 Å². The van der Waals surface area contributed by atoms with Crippen molar-refractivity contribution < 1.29 is 13.2 Å². The van der Waals surface area contributed by atoms with Gasteiger partial charge in [-0.15, -0.1) is 4.98 Å². The van der Waals surface area contributed by atoms with Crippen LogP contribution in [0, 0.1) is 13.5 Å². The Morgan fingerprint density at radius 1 is 1.21 bits per heavy atom. The van der Waals surface area contributed by atoms with E-state index in [0.717, 1.165) is 12.7 Å². The van der Waals surface area contributed by atoms with Crippen LogP contribution in [0.4, 0.5) is 17.2 Å². The number of sulfone groups is 1. The molecule has 2 fully saturated rings. The number of anilines is 2. The fraction of sp³-hybridized carbons (Fsp3) is 0.300. The van der Waals surface area contributed by atoms with Gasteiger partial charge in [0.25, 0.3) is 11.7 Å². The minimum Gasteiger partial charge on any atom is -0.360 e. The summed E-state index contributed by atoms with van der Waals surface area (Å²) >= 11 is 5.69. The number of pyridine rings is 1. The number of benzene rings is 1. The van der Waals surface area contributed by atoms with Crippen LogP contribution in [0.5, 0.6) is 0 Å². The number of carbonyl (C=O) groups is 1. The van der Waals surface area contributed by atoms with Gasteiger partial charge in [0.05, 0.1) is 10.6 Å². The second-order valence-electron chi connectivity index (χ2n) is 7.36. The van der Waals surface area contributed by atoms with Crippen molar-refractivity contribution in [2.75, 3.05) is 16.1 Å². The molecule has 1 saturated heterocycles. The topological polar surface area (TPSA) is 74.9 Å². The average molecular weight is 427 g/mol. The average Bonchev–Trinajstić information content (AvgIpc) is 2.88. The lowest BCUT2D eigenvalue weighted by Gasteiger charge is -2.43. The molecule has 2 aromatic rings. The van der Waals surface area contributed by atoms with Crippen LogP contribution in [-0.2, 0) is 14.6 Å². The van der Waals surface area contributed by atoms with Crippen molar-refractivity contribution in [1.29, 1.82) is 0 Å². The molecular weight excluding hydrogens is 408 g/mol. The van der Waals surface area contributed by atoms with Gasteiger partial charge in [0.1, 0.15) is 11.7 Å².